The average molecular weight is 315 g/mol. The Morgan fingerprint density at radius 1 is 1.26 bits per heavy atom. The maximum Gasteiger partial charge on any atom is 0.248 e. The molecule has 0 saturated heterocycles. The summed E-state index contributed by atoms with van der Waals surface area (Å²) in [5, 5.41) is 7.11. The molecule has 0 saturated carbocycles. The van der Waals surface area contributed by atoms with E-state index in [9.17, 15) is 4.79 Å². The average Bonchev–Trinajstić information content (AvgIpc) is 2.78. The van der Waals surface area contributed by atoms with E-state index in [4.69, 9.17) is 9.47 Å². The number of aryl methyl sites for hydroxylation is 2. The fourth-order valence-corrected chi connectivity index (χ4v) is 2.28. The minimum Gasteiger partial charge on any atom is -0.497 e. The molecule has 0 spiro atoms. The van der Waals surface area contributed by atoms with Gasteiger partial charge in [0, 0.05) is 30.4 Å². The lowest BCUT2D eigenvalue weighted by Gasteiger charge is -2.10. The third-order valence-electron chi connectivity index (χ3n) is 3.63. The lowest BCUT2D eigenvalue weighted by molar-refractivity contribution is -0.111. The molecule has 6 heteroatoms. The highest BCUT2D eigenvalue weighted by Gasteiger charge is 2.09. The van der Waals surface area contributed by atoms with Crippen LogP contribution in [-0.2, 0) is 11.8 Å². The highest BCUT2D eigenvalue weighted by molar-refractivity contribution is 6.03. The van der Waals surface area contributed by atoms with Gasteiger partial charge in [0.15, 0.2) is 0 Å². The molecular weight excluding hydrogens is 294 g/mol. The van der Waals surface area contributed by atoms with Crippen molar-refractivity contribution in [3.05, 3.63) is 41.2 Å². The normalized spacial score (nSPS) is 10.8. The van der Waals surface area contributed by atoms with E-state index in [1.807, 2.05) is 20.9 Å². The molecule has 2 aromatic rings. The summed E-state index contributed by atoms with van der Waals surface area (Å²) < 4.78 is 12.2. The fraction of sp³-hybridized carbons (Fsp3) is 0.294. The molecule has 0 unspecified atom stereocenters. The molecule has 0 aliphatic carbocycles. The first-order valence-electron chi connectivity index (χ1n) is 7.17. The zero-order chi connectivity index (χ0) is 17.0. The number of amides is 1. The van der Waals surface area contributed by atoms with Crippen LogP contribution in [0.5, 0.6) is 11.5 Å². The van der Waals surface area contributed by atoms with Gasteiger partial charge >= 0.3 is 0 Å². The number of benzene rings is 1. The van der Waals surface area contributed by atoms with Gasteiger partial charge < -0.3 is 14.8 Å². The van der Waals surface area contributed by atoms with Gasteiger partial charge in [0.1, 0.15) is 11.5 Å². The largest absolute Gasteiger partial charge is 0.497 e. The molecule has 1 amide bonds. The third-order valence-corrected chi connectivity index (χ3v) is 3.63. The maximum atomic E-state index is 12.2. The number of hydrogen-bond acceptors (Lipinski definition) is 4. The minimum atomic E-state index is -0.251. The van der Waals surface area contributed by atoms with Gasteiger partial charge in [-0.15, -0.1) is 0 Å². The zero-order valence-electron chi connectivity index (χ0n) is 14.0. The highest BCUT2D eigenvalue weighted by Crippen LogP contribution is 2.28. The van der Waals surface area contributed by atoms with Crippen LogP contribution < -0.4 is 14.8 Å². The number of aromatic nitrogens is 2. The van der Waals surface area contributed by atoms with Gasteiger partial charge in [0.2, 0.25) is 5.91 Å². The van der Waals surface area contributed by atoms with Crippen LogP contribution in [0.25, 0.3) is 6.08 Å². The molecule has 6 nitrogen and oxygen atoms in total. The quantitative estimate of drug-likeness (QED) is 0.862. The summed E-state index contributed by atoms with van der Waals surface area (Å²) in [6.45, 7) is 3.87. The number of methoxy groups -OCH3 is 2. The van der Waals surface area contributed by atoms with Gasteiger partial charge in [-0.2, -0.15) is 5.10 Å². The Morgan fingerprint density at radius 3 is 2.57 bits per heavy atom. The molecule has 0 radical (unpaired) electrons. The van der Waals surface area contributed by atoms with Crippen molar-refractivity contribution in [3.63, 3.8) is 0 Å². The number of nitrogens with zero attached hydrogens (tertiary/aromatic N) is 2. The predicted molar refractivity (Wildman–Crippen MR) is 89.9 cm³/mol. The summed E-state index contributed by atoms with van der Waals surface area (Å²) in [5.74, 6) is 0.963. The summed E-state index contributed by atoms with van der Waals surface area (Å²) in [5.41, 5.74) is 3.39. The first-order chi connectivity index (χ1) is 11.0. The van der Waals surface area contributed by atoms with E-state index in [-0.39, 0.29) is 5.91 Å². The monoisotopic (exact) mass is 315 g/mol. The topological polar surface area (TPSA) is 65.4 Å². The number of anilines is 1. The maximum absolute atomic E-state index is 12.2. The number of hydrogen-bond donors (Lipinski definition) is 1. The molecule has 1 aromatic heterocycles. The van der Waals surface area contributed by atoms with Gasteiger partial charge in [-0.25, -0.2) is 0 Å². The molecule has 0 aliphatic rings. The number of ether oxygens (including phenoxy) is 2. The lowest BCUT2D eigenvalue weighted by Crippen LogP contribution is -2.09. The third kappa shape index (κ3) is 3.71. The van der Waals surface area contributed by atoms with Crippen LogP contribution in [-0.4, -0.2) is 29.9 Å². The first kappa shape index (κ1) is 16.6. The summed E-state index contributed by atoms with van der Waals surface area (Å²) in [4.78, 5) is 12.2. The Hall–Kier alpha value is -2.76. The van der Waals surface area contributed by atoms with Crippen molar-refractivity contribution in [1.82, 2.24) is 9.78 Å². The Morgan fingerprint density at radius 2 is 2.00 bits per heavy atom. The van der Waals surface area contributed by atoms with Crippen molar-refractivity contribution < 1.29 is 14.3 Å². The highest BCUT2D eigenvalue weighted by atomic mass is 16.5. The summed E-state index contributed by atoms with van der Waals surface area (Å²) in [7, 11) is 5.00. The van der Waals surface area contributed by atoms with Crippen molar-refractivity contribution in [1.29, 1.82) is 0 Å². The second kappa shape index (κ2) is 7.00. The van der Waals surface area contributed by atoms with Gasteiger partial charge in [-0.05, 0) is 32.1 Å². The lowest BCUT2D eigenvalue weighted by atomic mass is 10.2. The van der Waals surface area contributed by atoms with E-state index < -0.39 is 0 Å². The van der Waals surface area contributed by atoms with Gasteiger partial charge in [0.25, 0.3) is 0 Å². The summed E-state index contributed by atoms with van der Waals surface area (Å²) in [6.07, 6.45) is 3.25. The van der Waals surface area contributed by atoms with Crippen LogP contribution >= 0.6 is 0 Å². The van der Waals surface area contributed by atoms with Gasteiger partial charge in [-0.1, -0.05) is 0 Å². The van der Waals surface area contributed by atoms with Crippen LogP contribution in [0.1, 0.15) is 17.0 Å². The molecule has 0 aliphatic heterocycles. The SMILES string of the molecule is COc1ccc(OC)c(NC(=O)/C=C/c2c(C)nn(C)c2C)c1. The van der Waals surface area contributed by atoms with E-state index >= 15 is 0 Å². The zero-order valence-corrected chi connectivity index (χ0v) is 14.0. The minimum absolute atomic E-state index is 0.251. The second-order valence-electron chi connectivity index (χ2n) is 5.10. The molecule has 1 aromatic carbocycles. The van der Waals surface area contributed by atoms with Gasteiger partial charge in [-0.3, -0.25) is 9.48 Å². The van der Waals surface area contributed by atoms with E-state index in [0.717, 1.165) is 17.0 Å². The molecule has 0 atom stereocenters. The molecule has 0 fully saturated rings. The van der Waals surface area contributed by atoms with Crippen molar-refractivity contribution in [3.8, 4) is 11.5 Å². The van der Waals surface area contributed by atoms with Crippen LogP contribution in [0, 0.1) is 13.8 Å². The molecule has 23 heavy (non-hydrogen) atoms. The number of carbonyl (C=O) groups is 1. The van der Waals surface area contributed by atoms with E-state index in [2.05, 4.69) is 10.4 Å². The van der Waals surface area contributed by atoms with Crippen LogP contribution in [0.2, 0.25) is 0 Å². The molecule has 122 valence electrons. The number of nitrogens with one attached hydrogen (secondary N) is 1. The Bertz CT molecular complexity index is 748. The molecule has 1 N–H and O–H groups in total. The van der Waals surface area contributed by atoms with Crippen LogP contribution in [0.4, 0.5) is 5.69 Å². The molecule has 1 heterocycles. The summed E-state index contributed by atoms with van der Waals surface area (Å²) in [6, 6.07) is 5.23. The van der Waals surface area contributed by atoms with Gasteiger partial charge in [0.05, 0.1) is 25.6 Å². The smallest absolute Gasteiger partial charge is 0.248 e. The summed E-state index contributed by atoms with van der Waals surface area (Å²) >= 11 is 0. The second-order valence-corrected chi connectivity index (χ2v) is 5.10. The standard InChI is InChI=1S/C17H21N3O3/c1-11-14(12(2)20(3)19-11)7-9-17(21)18-15-10-13(22-4)6-8-16(15)23-5/h6-10H,1-5H3,(H,18,21)/b9-7+. The fourth-order valence-electron chi connectivity index (χ4n) is 2.28. The van der Waals surface area contributed by atoms with Crippen molar-refractivity contribution in [2.75, 3.05) is 19.5 Å². The van der Waals surface area contributed by atoms with E-state index in [1.165, 1.54) is 6.08 Å². The predicted octanol–water partition coefficient (Wildman–Crippen LogP) is 2.71. The molecule has 2 rings (SSSR count). The van der Waals surface area contributed by atoms with Crippen molar-refractivity contribution >= 4 is 17.7 Å². The van der Waals surface area contributed by atoms with Crippen molar-refractivity contribution in [2.45, 2.75) is 13.8 Å². The molecule has 0 bridgehead atoms. The Labute approximate surface area is 135 Å². The van der Waals surface area contributed by atoms with E-state index in [1.54, 1.807) is 43.2 Å². The Kier molecular flexibility index (Phi) is 5.05. The number of carbonyl (C=O) groups excluding carboxylic acids is 1. The van der Waals surface area contributed by atoms with E-state index in [0.29, 0.717) is 17.2 Å². The molecular formula is C17H21N3O3. The van der Waals surface area contributed by atoms with Crippen LogP contribution in [0.15, 0.2) is 24.3 Å². The van der Waals surface area contributed by atoms with Crippen LogP contribution in [0.3, 0.4) is 0 Å². The number of rotatable bonds is 5. The Balaban J connectivity index is 2.18. The van der Waals surface area contributed by atoms with Crippen molar-refractivity contribution in [2.24, 2.45) is 7.05 Å². The first-order valence-corrected chi connectivity index (χ1v) is 7.17.